The van der Waals surface area contributed by atoms with E-state index in [9.17, 15) is 9.90 Å². The van der Waals surface area contributed by atoms with Gasteiger partial charge in [-0.1, -0.05) is 18.2 Å². The number of anilines is 1. The smallest absolute Gasteiger partial charge is 0.235 e. The lowest BCUT2D eigenvalue weighted by Crippen LogP contribution is -2.56. The maximum atomic E-state index is 12.0. The molecule has 0 spiro atoms. The van der Waals surface area contributed by atoms with Crippen LogP contribution in [-0.4, -0.2) is 17.6 Å². The van der Waals surface area contributed by atoms with Crippen LogP contribution < -0.4 is 4.90 Å². The molecule has 1 fully saturated rings. The molecule has 1 aromatic carbocycles. The van der Waals surface area contributed by atoms with Crippen molar-refractivity contribution < 1.29 is 14.3 Å². The molecule has 4 heteroatoms. The van der Waals surface area contributed by atoms with Gasteiger partial charge in [0.2, 0.25) is 5.91 Å². The molecule has 1 N–H and O–H groups in total. The van der Waals surface area contributed by atoms with E-state index in [1.165, 1.54) is 0 Å². The Morgan fingerprint density at radius 2 is 1.94 bits per heavy atom. The number of aliphatic hydroxyl groups excluding tert-OH is 1. The minimum atomic E-state index is -0.406. The lowest BCUT2D eigenvalue weighted by atomic mass is 9.85. The molecule has 2 atom stereocenters. The van der Waals surface area contributed by atoms with Crippen LogP contribution in [0.25, 0.3) is 0 Å². The Hall–Kier alpha value is -2.07. The molecular formula is C14H13NO3. The van der Waals surface area contributed by atoms with Gasteiger partial charge in [-0.15, -0.1) is 0 Å². The number of amides is 1. The van der Waals surface area contributed by atoms with Gasteiger partial charge in [0.15, 0.2) is 0 Å². The van der Waals surface area contributed by atoms with Crippen LogP contribution in [0.5, 0.6) is 0 Å². The van der Waals surface area contributed by atoms with E-state index in [0.29, 0.717) is 5.76 Å². The van der Waals surface area contributed by atoms with E-state index in [4.69, 9.17) is 4.42 Å². The minimum absolute atomic E-state index is 0.0647. The van der Waals surface area contributed by atoms with Gasteiger partial charge in [0, 0.05) is 5.69 Å². The summed E-state index contributed by atoms with van der Waals surface area (Å²) in [5.41, 5.74) is 0.827. The van der Waals surface area contributed by atoms with Gasteiger partial charge in [0.05, 0.1) is 18.8 Å². The quantitative estimate of drug-likeness (QED) is 0.838. The molecule has 1 aliphatic rings. The first-order valence-electron chi connectivity index (χ1n) is 5.85. The van der Waals surface area contributed by atoms with Gasteiger partial charge < -0.3 is 14.4 Å². The molecule has 4 nitrogen and oxygen atoms in total. The monoisotopic (exact) mass is 243 g/mol. The van der Waals surface area contributed by atoms with Crippen LogP contribution in [0.3, 0.4) is 0 Å². The Balaban J connectivity index is 1.96. The fraction of sp³-hybridized carbons (Fsp3) is 0.214. The molecule has 2 heterocycles. The predicted molar refractivity (Wildman–Crippen MR) is 66.0 cm³/mol. The maximum absolute atomic E-state index is 12.0. The van der Waals surface area contributed by atoms with E-state index in [2.05, 4.69) is 0 Å². The zero-order valence-corrected chi connectivity index (χ0v) is 9.69. The molecule has 0 bridgehead atoms. The Kier molecular flexibility index (Phi) is 2.64. The van der Waals surface area contributed by atoms with Crippen molar-refractivity contribution in [3.05, 3.63) is 54.5 Å². The minimum Gasteiger partial charge on any atom is -0.467 e. The van der Waals surface area contributed by atoms with E-state index in [1.807, 2.05) is 36.4 Å². The number of para-hydroxylation sites is 1. The third kappa shape index (κ3) is 1.54. The summed E-state index contributed by atoms with van der Waals surface area (Å²) in [6, 6.07) is 12.8. The van der Waals surface area contributed by atoms with Crippen LogP contribution >= 0.6 is 0 Å². The second-order valence-electron chi connectivity index (χ2n) is 4.29. The zero-order chi connectivity index (χ0) is 12.5. The summed E-state index contributed by atoms with van der Waals surface area (Å²) in [5, 5.41) is 9.30. The van der Waals surface area contributed by atoms with Crippen molar-refractivity contribution in [2.24, 2.45) is 5.92 Å². The molecular weight excluding hydrogens is 230 g/mol. The van der Waals surface area contributed by atoms with Crippen LogP contribution in [0.4, 0.5) is 5.69 Å². The number of benzene rings is 1. The number of rotatable bonds is 3. The molecule has 18 heavy (non-hydrogen) atoms. The fourth-order valence-corrected chi connectivity index (χ4v) is 2.39. The molecule has 1 aliphatic heterocycles. The summed E-state index contributed by atoms with van der Waals surface area (Å²) in [6.07, 6.45) is 1.58. The number of aliphatic hydroxyl groups is 1. The summed E-state index contributed by atoms with van der Waals surface area (Å²) >= 11 is 0. The average Bonchev–Trinajstić information content (AvgIpc) is 2.91. The van der Waals surface area contributed by atoms with E-state index in [0.717, 1.165) is 5.69 Å². The van der Waals surface area contributed by atoms with Gasteiger partial charge in [-0.3, -0.25) is 4.79 Å². The van der Waals surface area contributed by atoms with Gasteiger partial charge in [-0.2, -0.15) is 0 Å². The lowest BCUT2D eigenvalue weighted by molar-refractivity contribution is -0.132. The highest BCUT2D eigenvalue weighted by Crippen LogP contribution is 2.43. The number of carbonyl (C=O) groups is 1. The highest BCUT2D eigenvalue weighted by molar-refractivity contribution is 6.03. The van der Waals surface area contributed by atoms with Crippen LogP contribution in [0.15, 0.2) is 53.1 Å². The number of nitrogens with zero attached hydrogens (tertiary/aromatic N) is 1. The van der Waals surface area contributed by atoms with E-state index in [-0.39, 0.29) is 18.6 Å². The fourth-order valence-electron chi connectivity index (χ4n) is 2.39. The predicted octanol–water partition coefficient (Wildman–Crippen LogP) is 1.98. The largest absolute Gasteiger partial charge is 0.467 e. The van der Waals surface area contributed by atoms with Crippen LogP contribution in [0.1, 0.15) is 11.8 Å². The van der Waals surface area contributed by atoms with Gasteiger partial charge >= 0.3 is 0 Å². The number of hydrogen-bond acceptors (Lipinski definition) is 3. The molecule has 1 aromatic heterocycles. The number of furan rings is 1. The number of β-lactam (4-membered cyclic amide) rings is 1. The second kappa shape index (κ2) is 4.31. The third-order valence-corrected chi connectivity index (χ3v) is 3.28. The van der Waals surface area contributed by atoms with Crippen molar-refractivity contribution in [2.45, 2.75) is 6.04 Å². The van der Waals surface area contributed by atoms with Crippen molar-refractivity contribution in [3.63, 3.8) is 0 Å². The van der Waals surface area contributed by atoms with Crippen molar-refractivity contribution in [1.82, 2.24) is 0 Å². The van der Waals surface area contributed by atoms with Crippen LogP contribution in [0.2, 0.25) is 0 Å². The van der Waals surface area contributed by atoms with Gasteiger partial charge in [0.1, 0.15) is 11.8 Å². The molecule has 92 valence electrons. The summed E-state index contributed by atoms with van der Waals surface area (Å²) in [6.45, 7) is -0.159. The topological polar surface area (TPSA) is 53.7 Å². The number of hydrogen-bond donors (Lipinski definition) is 1. The molecule has 1 saturated heterocycles. The molecule has 2 aromatic rings. The zero-order valence-electron chi connectivity index (χ0n) is 9.69. The van der Waals surface area contributed by atoms with Crippen LogP contribution in [-0.2, 0) is 4.79 Å². The average molecular weight is 243 g/mol. The Labute approximate surface area is 104 Å². The summed E-state index contributed by atoms with van der Waals surface area (Å²) in [7, 11) is 0. The summed E-state index contributed by atoms with van der Waals surface area (Å²) < 4.78 is 5.36. The lowest BCUT2D eigenvalue weighted by Gasteiger charge is -2.45. The highest BCUT2D eigenvalue weighted by Gasteiger charge is 2.49. The SMILES string of the molecule is O=C1[C@H](CO)[C@H](c2ccco2)N1c1ccccc1. The highest BCUT2D eigenvalue weighted by atomic mass is 16.3. The molecule has 0 unspecified atom stereocenters. The summed E-state index contributed by atoms with van der Waals surface area (Å²) in [5.74, 6) is 0.235. The van der Waals surface area contributed by atoms with Crippen molar-refractivity contribution in [3.8, 4) is 0 Å². The maximum Gasteiger partial charge on any atom is 0.235 e. The van der Waals surface area contributed by atoms with E-state index in [1.54, 1.807) is 17.2 Å². The first-order valence-corrected chi connectivity index (χ1v) is 5.85. The van der Waals surface area contributed by atoms with Crippen molar-refractivity contribution in [2.75, 3.05) is 11.5 Å². The molecule has 0 saturated carbocycles. The van der Waals surface area contributed by atoms with Crippen molar-refractivity contribution >= 4 is 11.6 Å². The molecule has 3 rings (SSSR count). The van der Waals surface area contributed by atoms with E-state index < -0.39 is 5.92 Å². The van der Waals surface area contributed by atoms with E-state index >= 15 is 0 Å². The molecule has 0 aliphatic carbocycles. The molecule has 0 radical (unpaired) electrons. The van der Waals surface area contributed by atoms with Crippen LogP contribution in [0, 0.1) is 5.92 Å². The van der Waals surface area contributed by atoms with Gasteiger partial charge in [-0.05, 0) is 24.3 Å². The van der Waals surface area contributed by atoms with Crippen molar-refractivity contribution in [1.29, 1.82) is 0 Å². The van der Waals surface area contributed by atoms with Gasteiger partial charge in [0.25, 0.3) is 0 Å². The Morgan fingerprint density at radius 3 is 2.56 bits per heavy atom. The second-order valence-corrected chi connectivity index (χ2v) is 4.29. The summed E-state index contributed by atoms with van der Waals surface area (Å²) in [4.78, 5) is 13.7. The standard InChI is InChI=1S/C14H13NO3/c16-9-11-13(12-7-4-8-18-12)15(14(11)17)10-5-2-1-3-6-10/h1-8,11,13,16H,9H2/t11-,13-/m1/s1. The Bertz CT molecular complexity index is 535. The molecule has 1 amide bonds. The first-order chi connectivity index (χ1) is 8.83. The number of carbonyl (C=O) groups excluding carboxylic acids is 1. The first kappa shape index (κ1) is 11.0. The Morgan fingerprint density at radius 1 is 1.17 bits per heavy atom. The van der Waals surface area contributed by atoms with Gasteiger partial charge in [-0.25, -0.2) is 0 Å². The third-order valence-electron chi connectivity index (χ3n) is 3.28. The normalized spacial score (nSPS) is 22.9.